The molecule has 8 heteroatoms. The maximum Gasteiger partial charge on any atom is 0.341 e. The molecule has 2 rings (SSSR count). The Labute approximate surface area is 160 Å². The number of esters is 1. The van der Waals surface area contributed by atoms with E-state index >= 15 is 0 Å². The third-order valence-corrected chi connectivity index (χ3v) is 5.18. The van der Waals surface area contributed by atoms with Gasteiger partial charge in [-0.25, -0.2) is 9.18 Å². The van der Waals surface area contributed by atoms with Crippen molar-refractivity contribution < 1.29 is 28.2 Å². The van der Waals surface area contributed by atoms with Crippen molar-refractivity contribution in [2.75, 3.05) is 25.6 Å². The van der Waals surface area contributed by atoms with Gasteiger partial charge in [0, 0.05) is 5.56 Å². The van der Waals surface area contributed by atoms with Gasteiger partial charge in [0.1, 0.15) is 5.00 Å². The second-order valence-corrected chi connectivity index (χ2v) is 6.68. The molecule has 1 aromatic heterocycles. The Kier molecular flexibility index (Phi) is 6.68. The van der Waals surface area contributed by atoms with Crippen LogP contribution in [0.2, 0.25) is 0 Å². The Morgan fingerprint density at radius 2 is 1.96 bits per heavy atom. The molecule has 0 spiro atoms. The summed E-state index contributed by atoms with van der Waals surface area (Å²) in [6, 6.07) is 3.92. The van der Waals surface area contributed by atoms with E-state index < -0.39 is 11.8 Å². The van der Waals surface area contributed by atoms with Crippen LogP contribution in [-0.4, -0.2) is 37.8 Å². The molecule has 0 aliphatic rings. The molecule has 0 saturated heterocycles. The first-order valence-electron chi connectivity index (χ1n) is 8.22. The average Bonchev–Trinajstić information content (AvgIpc) is 2.96. The van der Waals surface area contributed by atoms with Gasteiger partial charge in [-0.1, -0.05) is 0 Å². The molecule has 0 aliphatic heterocycles. The van der Waals surface area contributed by atoms with Crippen molar-refractivity contribution in [3.63, 3.8) is 0 Å². The first kappa shape index (κ1) is 20.6. The fourth-order valence-corrected chi connectivity index (χ4v) is 3.61. The van der Waals surface area contributed by atoms with Crippen molar-refractivity contribution in [3.8, 4) is 5.75 Å². The van der Waals surface area contributed by atoms with Gasteiger partial charge in [-0.15, -0.1) is 11.3 Å². The number of halogens is 1. The lowest BCUT2D eigenvalue weighted by Crippen LogP contribution is -2.16. The normalized spacial score (nSPS) is 10.4. The molecule has 0 unspecified atom stereocenters. The van der Waals surface area contributed by atoms with Gasteiger partial charge in [-0.05, 0) is 44.5 Å². The lowest BCUT2D eigenvalue weighted by atomic mass is 10.1. The number of Topliss-reactive ketones (excluding diaryl/α,β-unsaturated/α-hetero) is 2. The fraction of sp³-hybridized carbons (Fsp3) is 0.316. The SMILES string of the molecule is CCOC(=O)c1c(NCC(=O)c2ccc(OC)c(F)c2)sc(C(C)=O)c1C. The van der Waals surface area contributed by atoms with Crippen LogP contribution >= 0.6 is 11.3 Å². The highest BCUT2D eigenvalue weighted by Crippen LogP contribution is 2.34. The lowest BCUT2D eigenvalue weighted by Gasteiger charge is -2.08. The third-order valence-electron chi connectivity index (χ3n) is 3.83. The van der Waals surface area contributed by atoms with E-state index in [0.29, 0.717) is 15.4 Å². The summed E-state index contributed by atoms with van der Waals surface area (Å²) in [6.07, 6.45) is 0. The molecular formula is C19H20FNO5S. The Hall–Kier alpha value is -2.74. The van der Waals surface area contributed by atoms with Gasteiger partial charge in [0.05, 0.1) is 30.7 Å². The number of carbonyl (C=O) groups is 3. The molecule has 1 heterocycles. The number of hydrogen-bond acceptors (Lipinski definition) is 7. The highest BCUT2D eigenvalue weighted by atomic mass is 32.1. The predicted molar refractivity (Wildman–Crippen MR) is 101 cm³/mol. The van der Waals surface area contributed by atoms with Crippen LogP contribution in [0, 0.1) is 12.7 Å². The van der Waals surface area contributed by atoms with E-state index in [9.17, 15) is 18.8 Å². The van der Waals surface area contributed by atoms with Crippen LogP contribution in [0.15, 0.2) is 18.2 Å². The zero-order chi connectivity index (χ0) is 20.1. The topological polar surface area (TPSA) is 81.7 Å². The monoisotopic (exact) mass is 393 g/mol. The second-order valence-electron chi connectivity index (χ2n) is 5.66. The zero-order valence-electron chi connectivity index (χ0n) is 15.5. The summed E-state index contributed by atoms with van der Waals surface area (Å²) in [7, 11) is 1.34. The fourth-order valence-electron chi connectivity index (χ4n) is 2.53. The van der Waals surface area contributed by atoms with Crippen molar-refractivity contribution >= 4 is 33.9 Å². The summed E-state index contributed by atoms with van der Waals surface area (Å²) in [6.45, 7) is 4.76. The second kappa shape index (κ2) is 8.77. The number of rotatable bonds is 8. The van der Waals surface area contributed by atoms with E-state index in [1.54, 1.807) is 13.8 Å². The lowest BCUT2D eigenvalue weighted by molar-refractivity contribution is 0.0527. The van der Waals surface area contributed by atoms with Crippen molar-refractivity contribution in [1.82, 2.24) is 0 Å². The van der Waals surface area contributed by atoms with Crippen molar-refractivity contribution in [3.05, 3.63) is 45.6 Å². The van der Waals surface area contributed by atoms with Gasteiger partial charge < -0.3 is 14.8 Å². The van der Waals surface area contributed by atoms with Crippen LogP contribution in [0.1, 0.15) is 49.8 Å². The maximum atomic E-state index is 13.8. The highest BCUT2D eigenvalue weighted by Gasteiger charge is 2.24. The van der Waals surface area contributed by atoms with Crippen molar-refractivity contribution in [2.24, 2.45) is 0 Å². The molecule has 1 N–H and O–H groups in total. The van der Waals surface area contributed by atoms with Gasteiger partial charge in [-0.3, -0.25) is 9.59 Å². The zero-order valence-corrected chi connectivity index (χ0v) is 16.3. The van der Waals surface area contributed by atoms with Crippen LogP contribution in [0.5, 0.6) is 5.75 Å². The Morgan fingerprint density at radius 3 is 2.52 bits per heavy atom. The molecule has 27 heavy (non-hydrogen) atoms. The molecule has 0 saturated carbocycles. The molecule has 2 aromatic rings. The Balaban J connectivity index is 2.25. The molecule has 1 aromatic carbocycles. The Morgan fingerprint density at radius 1 is 1.26 bits per heavy atom. The molecule has 144 valence electrons. The molecule has 0 amide bonds. The molecular weight excluding hydrogens is 373 g/mol. The van der Waals surface area contributed by atoms with E-state index in [4.69, 9.17) is 9.47 Å². The minimum absolute atomic E-state index is 0.0455. The van der Waals surface area contributed by atoms with Crippen molar-refractivity contribution in [1.29, 1.82) is 0 Å². The van der Waals surface area contributed by atoms with Crippen LogP contribution in [-0.2, 0) is 4.74 Å². The van der Waals surface area contributed by atoms with Gasteiger partial charge in [-0.2, -0.15) is 0 Å². The number of thiophene rings is 1. The number of carbonyl (C=O) groups excluding carboxylic acids is 3. The van der Waals surface area contributed by atoms with Crippen LogP contribution in [0.4, 0.5) is 9.39 Å². The molecule has 0 aliphatic carbocycles. The quantitative estimate of drug-likeness (QED) is 0.541. The summed E-state index contributed by atoms with van der Waals surface area (Å²) >= 11 is 1.09. The average molecular weight is 393 g/mol. The number of ether oxygens (including phenoxy) is 2. The summed E-state index contributed by atoms with van der Waals surface area (Å²) in [4.78, 5) is 36.8. The Bertz CT molecular complexity index is 890. The van der Waals surface area contributed by atoms with E-state index in [0.717, 1.165) is 17.4 Å². The molecule has 6 nitrogen and oxygen atoms in total. The molecule has 0 radical (unpaired) electrons. The molecule has 0 fully saturated rings. The number of hydrogen-bond donors (Lipinski definition) is 1. The van der Waals surface area contributed by atoms with Gasteiger partial charge in [0.25, 0.3) is 0 Å². The number of nitrogens with one attached hydrogen (secondary N) is 1. The molecule has 0 atom stereocenters. The van der Waals surface area contributed by atoms with E-state index in [2.05, 4.69) is 5.32 Å². The van der Waals surface area contributed by atoms with Crippen LogP contribution in [0.3, 0.4) is 0 Å². The number of ketones is 2. The van der Waals surface area contributed by atoms with Crippen molar-refractivity contribution in [2.45, 2.75) is 20.8 Å². The van der Waals surface area contributed by atoms with Gasteiger partial charge >= 0.3 is 5.97 Å². The predicted octanol–water partition coefficient (Wildman–Crippen LogP) is 3.88. The first-order valence-corrected chi connectivity index (χ1v) is 9.03. The summed E-state index contributed by atoms with van der Waals surface area (Å²) < 4.78 is 23.7. The number of methoxy groups -OCH3 is 1. The molecule has 0 bridgehead atoms. The van der Waals surface area contributed by atoms with E-state index in [-0.39, 0.29) is 41.6 Å². The summed E-state index contributed by atoms with van der Waals surface area (Å²) in [5.74, 6) is -1.71. The highest BCUT2D eigenvalue weighted by molar-refractivity contribution is 7.18. The number of anilines is 1. The van der Waals surface area contributed by atoms with Crippen LogP contribution < -0.4 is 10.1 Å². The maximum absolute atomic E-state index is 13.8. The van der Waals surface area contributed by atoms with E-state index in [1.165, 1.54) is 26.2 Å². The van der Waals surface area contributed by atoms with Gasteiger partial charge in [0.15, 0.2) is 23.1 Å². The first-order chi connectivity index (χ1) is 12.8. The standard InChI is InChI=1S/C19H20FNO5S/c1-5-26-19(24)16-10(2)17(11(3)22)27-18(16)21-9-14(23)12-6-7-15(25-4)13(20)8-12/h6-8,21H,5,9H2,1-4H3. The van der Waals surface area contributed by atoms with E-state index in [1.807, 2.05) is 0 Å². The minimum Gasteiger partial charge on any atom is -0.494 e. The largest absolute Gasteiger partial charge is 0.494 e. The number of benzene rings is 1. The smallest absolute Gasteiger partial charge is 0.341 e. The third kappa shape index (κ3) is 4.51. The van der Waals surface area contributed by atoms with Gasteiger partial charge in [0.2, 0.25) is 0 Å². The minimum atomic E-state index is -0.638. The van der Waals surface area contributed by atoms with Crippen LogP contribution in [0.25, 0.3) is 0 Å². The summed E-state index contributed by atoms with van der Waals surface area (Å²) in [5.41, 5.74) is 0.913. The summed E-state index contributed by atoms with van der Waals surface area (Å²) in [5, 5.41) is 3.25.